The molecule has 1 aromatic heterocycles. The van der Waals surface area contributed by atoms with E-state index in [2.05, 4.69) is 28.8 Å². The third kappa shape index (κ3) is 3.23. The lowest BCUT2D eigenvalue weighted by Crippen LogP contribution is -2.28. The highest BCUT2D eigenvalue weighted by Gasteiger charge is 2.30. The number of ether oxygens (including phenoxy) is 2. The Hall–Kier alpha value is -2.11. The first-order valence-electron chi connectivity index (χ1n) is 8.52. The molecule has 1 aromatic carbocycles. The van der Waals surface area contributed by atoms with Crippen molar-refractivity contribution in [3.8, 4) is 5.75 Å². The lowest BCUT2D eigenvalue weighted by Gasteiger charge is -2.21. The van der Waals surface area contributed by atoms with Gasteiger partial charge in [0.25, 0.3) is 0 Å². The summed E-state index contributed by atoms with van der Waals surface area (Å²) in [6, 6.07) is 8.17. The Morgan fingerprint density at radius 3 is 3.12 bits per heavy atom. The van der Waals surface area contributed by atoms with Gasteiger partial charge in [0.15, 0.2) is 0 Å². The van der Waals surface area contributed by atoms with Gasteiger partial charge in [-0.3, -0.25) is 4.68 Å². The molecule has 4 rings (SSSR count). The zero-order valence-electron chi connectivity index (χ0n) is 13.9. The van der Waals surface area contributed by atoms with Crippen LogP contribution in [0.3, 0.4) is 0 Å². The Morgan fingerprint density at radius 1 is 1.33 bits per heavy atom. The van der Waals surface area contributed by atoms with Gasteiger partial charge in [-0.25, -0.2) is 0 Å². The molecule has 0 saturated carbocycles. The second kappa shape index (κ2) is 6.79. The van der Waals surface area contributed by atoms with Crippen LogP contribution >= 0.6 is 0 Å². The number of nitrogens with zero attached hydrogens (tertiary/aromatic N) is 2. The Morgan fingerprint density at radius 2 is 2.25 bits per heavy atom. The molecule has 0 aliphatic carbocycles. The molecule has 5 heteroatoms. The smallest absolute Gasteiger partial charge is 0.127 e. The van der Waals surface area contributed by atoms with Gasteiger partial charge in [0, 0.05) is 50.0 Å². The fourth-order valence-corrected chi connectivity index (χ4v) is 3.48. The summed E-state index contributed by atoms with van der Waals surface area (Å²) in [6.45, 7) is 3.28. The standard InChI is InChI=1S/C19H23N3O2/c1-22-12-17(11-21-22)19-16(6-7-23-19)10-20-9-14-8-15-4-2-3-5-18(15)24-13-14/h2-5,8,11-12,16,19-20H,6-7,9-10,13H2,1H3/t16-,19-/m1/s1. The summed E-state index contributed by atoms with van der Waals surface area (Å²) < 4.78 is 13.6. The van der Waals surface area contributed by atoms with Crippen molar-refractivity contribution in [1.29, 1.82) is 0 Å². The SMILES string of the molecule is Cn1cc([C@@H]2OCC[C@@H]2CNCC2=Cc3ccccc3OC2)cn1. The predicted molar refractivity (Wildman–Crippen MR) is 92.8 cm³/mol. The molecule has 2 aromatic rings. The topological polar surface area (TPSA) is 48.3 Å². The number of aryl methyl sites for hydroxylation is 1. The van der Waals surface area contributed by atoms with Gasteiger partial charge in [-0.15, -0.1) is 0 Å². The molecule has 5 nitrogen and oxygen atoms in total. The third-order valence-electron chi connectivity index (χ3n) is 4.72. The summed E-state index contributed by atoms with van der Waals surface area (Å²) in [5.74, 6) is 1.47. The van der Waals surface area contributed by atoms with Crippen LogP contribution in [-0.4, -0.2) is 36.1 Å². The van der Waals surface area contributed by atoms with E-state index >= 15 is 0 Å². The highest BCUT2D eigenvalue weighted by atomic mass is 16.5. The fraction of sp³-hybridized carbons (Fsp3) is 0.421. The van der Waals surface area contributed by atoms with Crippen molar-refractivity contribution in [2.75, 3.05) is 26.3 Å². The third-order valence-corrected chi connectivity index (χ3v) is 4.72. The summed E-state index contributed by atoms with van der Waals surface area (Å²) in [7, 11) is 1.94. The van der Waals surface area contributed by atoms with Crippen LogP contribution in [0.5, 0.6) is 5.75 Å². The molecule has 2 aliphatic rings. The summed E-state index contributed by atoms with van der Waals surface area (Å²) >= 11 is 0. The minimum atomic E-state index is 0.156. The van der Waals surface area contributed by atoms with Crippen molar-refractivity contribution in [3.05, 3.63) is 53.4 Å². The quantitative estimate of drug-likeness (QED) is 0.918. The number of nitrogens with one attached hydrogen (secondary N) is 1. The average molecular weight is 325 g/mol. The summed E-state index contributed by atoms with van der Waals surface area (Å²) in [4.78, 5) is 0. The van der Waals surface area contributed by atoms with E-state index in [0.717, 1.165) is 37.4 Å². The molecule has 1 saturated heterocycles. The predicted octanol–water partition coefficient (Wildman–Crippen LogP) is 2.56. The monoisotopic (exact) mass is 325 g/mol. The van der Waals surface area contributed by atoms with E-state index in [-0.39, 0.29) is 6.10 Å². The van der Waals surface area contributed by atoms with Crippen LogP contribution in [0.15, 0.2) is 42.2 Å². The van der Waals surface area contributed by atoms with Crippen molar-refractivity contribution >= 4 is 6.08 Å². The molecule has 126 valence electrons. The maximum absolute atomic E-state index is 5.92. The van der Waals surface area contributed by atoms with Crippen molar-refractivity contribution < 1.29 is 9.47 Å². The highest BCUT2D eigenvalue weighted by molar-refractivity contribution is 5.62. The Kier molecular flexibility index (Phi) is 4.36. The number of hydrogen-bond donors (Lipinski definition) is 1. The summed E-state index contributed by atoms with van der Waals surface area (Å²) in [5.41, 5.74) is 3.62. The van der Waals surface area contributed by atoms with Crippen molar-refractivity contribution in [2.24, 2.45) is 13.0 Å². The first-order valence-corrected chi connectivity index (χ1v) is 8.52. The zero-order chi connectivity index (χ0) is 16.4. The van der Waals surface area contributed by atoms with E-state index in [0.29, 0.717) is 12.5 Å². The van der Waals surface area contributed by atoms with Crippen LogP contribution < -0.4 is 10.1 Å². The molecule has 0 spiro atoms. The van der Waals surface area contributed by atoms with Crippen LogP contribution in [0.2, 0.25) is 0 Å². The lowest BCUT2D eigenvalue weighted by molar-refractivity contribution is 0.0906. The zero-order valence-corrected chi connectivity index (χ0v) is 13.9. The molecule has 1 N–H and O–H groups in total. The van der Waals surface area contributed by atoms with E-state index < -0.39 is 0 Å². The molecule has 2 aliphatic heterocycles. The number of benzene rings is 1. The van der Waals surface area contributed by atoms with E-state index in [4.69, 9.17) is 9.47 Å². The van der Waals surface area contributed by atoms with Crippen LogP contribution in [0.1, 0.15) is 23.7 Å². The Bertz CT molecular complexity index is 738. The van der Waals surface area contributed by atoms with Gasteiger partial charge in [-0.2, -0.15) is 5.10 Å². The van der Waals surface area contributed by atoms with Gasteiger partial charge < -0.3 is 14.8 Å². The van der Waals surface area contributed by atoms with E-state index in [9.17, 15) is 0 Å². The van der Waals surface area contributed by atoms with Crippen LogP contribution in [0.25, 0.3) is 6.08 Å². The minimum Gasteiger partial charge on any atom is -0.489 e. The molecule has 3 heterocycles. The van der Waals surface area contributed by atoms with Gasteiger partial charge in [0.1, 0.15) is 12.4 Å². The van der Waals surface area contributed by atoms with Gasteiger partial charge in [0.05, 0.1) is 12.3 Å². The average Bonchev–Trinajstić information content (AvgIpc) is 3.23. The molecule has 1 fully saturated rings. The molecule has 0 unspecified atom stereocenters. The molecule has 0 radical (unpaired) electrons. The molecule has 0 bridgehead atoms. The maximum atomic E-state index is 5.92. The van der Waals surface area contributed by atoms with E-state index in [1.54, 1.807) is 0 Å². The first-order chi connectivity index (χ1) is 11.8. The van der Waals surface area contributed by atoms with Crippen molar-refractivity contribution in [3.63, 3.8) is 0 Å². The molecular weight excluding hydrogens is 302 g/mol. The molecular formula is C19H23N3O2. The van der Waals surface area contributed by atoms with Crippen molar-refractivity contribution in [2.45, 2.75) is 12.5 Å². The van der Waals surface area contributed by atoms with Gasteiger partial charge in [-0.05, 0) is 24.1 Å². The second-order valence-corrected chi connectivity index (χ2v) is 6.55. The Balaban J connectivity index is 1.33. The number of para-hydroxylation sites is 1. The number of fused-ring (bicyclic) bond motifs is 1. The second-order valence-electron chi connectivity index (χ2n) is 6.55. The summed E-state index contributed by atoms with van der Waals surface area (Å²) in [6.07, 6.45) is 7.44. The van der Waals surface area contributed by atoms with E-state index in [1.165, 1.54) is 11.1 Å². The van der Waals surface area contributed by atoms with Gasteiger partial charge >= 0.3 is 0 Å². The first kappa shape index (κ1) is 15.4. The Labute approximate surface area is 142 Å². The lowest BCUT2D eigenvalue weighted by atomic mass is 9.97. The molecule has 0 amide bonds. The number of rotatable bonds is 5. The highest BCUT2D eigenvalue weighted by Crippen LogP contribution is 2.33. The van der Waals surface area contributed by atoms with Gasteiger partial charge in [-0.1, -0.05) is 18.2 Å². The van der Waals surface area contributed by atoms with Crippen LogP contribution in [0, 0.1) is 5.92 Å². The van der Waals surface area contributed by atoms with E-state index in [1.807, 2.05) is 36.1 Å². The molecule has 2 atom stereocenters. The minimum absolute atomic E-state index is 0.156. The normalized spacial score (nSPS) is 22.8. The summed E-state index contributed by atoms with van der Waals surface area (Å²) in [5, 5.41) is 7.84. The van der Waals surface area contributed by atoms with Crippen LogP contribution in [-0.2, 0) is 11.8 Å². The maximum Gasteiger partial charge on any atom is 0.127 e. The number of hydrogen-bond acceptors (Lipinski definition) is 4. The molecule has 24 heavy (non-hydrogen) atoms. The largest absolute Gasteiger partial charge is 0.489 e. The van der Waals surface area contributed by atoms with Crippen molar-refractivity contribution in [1.82, 2.24) is 15.1 Å². The number of aromatic nitrogens is 2. The van der Waals surface area contributed by atoms with Crippen LogP contribution in [0.4, 0.5) is 0 Å². The fourth-order valence-electron chi connectivity index (χ4n) is 3.48. The van der Waals surface area contributed by atoms with Gasteiger partial charge in [0.2, 0.25) is 0 Å².